The van der Waals surface area contributed by atoms with E-state index >= 15 is 0 Å². The summed E-state index contributed by atoms with van der Waals surface area (Å²) in [6, 6.07) is 6.34. The number of nitrogens with zero attached hydrogens (tertiary/aromatic N) is 5. The maximum atomic E-state index is 11.4. The van der Waals surface area contributed by atoms with Gasteiger partial charge in [0.2, 0.25) is 0 Å². The molecule has 1 aliphatic carbocycles. The molecule has 3 aromatic heterocycles. The summed E-state index contributed by atoms with van der Waals surface area (Å²) in [5, 5.41) is 12.3. The fourth-order valence-electron chi connectivity index (χ4n) is 2.60. The Kier molecular flexibility index (Phi) is 3.41. The van der Waals surface area contributed by atoms with Crippen molar-refractivity contribution in [3.8, 4) is 0 Å². The highest BCUT2D eigenvalue weighted by Crippen LogP contribution is 2.41. The minimum absolute atomic E-state index is 0.188. The summed E-state index contributed by atoms with van der Waals surface area (Å²) in [5.74, 6) is 0.190. The van der Waals surface area contributed by atoms with Gasteiger partial charge in [0, 0.05) is 0 Å². The zero-order valence-electron chi connectivity index (χ0n) is 12.4. The van der Waals surface area contributed by atoms with Crippen molar-refractivity contribution in [3.05, 3.63) is 46.0 Å². The first-order valence-corrected chi connectivity index (χ1v) is 8.10. The molecule has 0 unspecified atom stereocenters. The van der Waals surface area contributed by atoms with E-state index in [-0.39, 0.29) is 5.69 Å². The molecule has 0 saturated heterocycles. The van der Waals surface area contributed by atoms with Crippen molar-refractivity contribution in [2.75, 3.05) is 7.11 Å². The van der Waals surface area contributed by atoms with Gasteiger partial charge in [0.25, 0.3) is 0 Å². The predicted octanol–water partition coefficient (Wildman–Crippen LogP) is 2.40. The molecule has 0 aliphatic heterocycles. The number of aromatic nitrogens is 5. The minimum Gasteiger partial charge on any atom is -0.464 e. The number of hydrogen-bond donors (Lipinski definition) is 0. The van der Waals surface area contributed by atoms with Crippen molar-refractivity contribution in [2.45, 2.75) is 25.3 Å². The van der Waals surface area contributed by atoms with Crippen molar-refractivity contribution in [1.29, 1.82) is 0 Å². The topological polar surface area (TPSA) is 74.3 Å². The maximum absolute atomic E-state index is 11.4. The third-order valence-electron chi connectivity index (χ3n) is 3.90. The Morgan fingerprint density at radius 1 is 1.39 bits per heavy atom. The van der Waals surface area contributed by atoms with E-state index in [9.17, 15) is 4.79 Å². The highest BCUT2D eigenvalue weighted by Gasteiger charge is 2.24. The van der Waals surface area contributed by atoms with Gasteiger partial charge in [0.15, 0.2) is 5.69 Å². The largest absolute Gasteiger partial charge is 0.464 e. The Hall–Kier alpha value is -2.22. The van der Waals surface area contributed by atoms with Crippen LogP contribution in [0.2, 0.25) is 0 Å². The number of esters is 1. The van der Waals surface area contributed by atoms with Crippen LogP contribution in [0.4, 0.5) is 0 Å². The number of halogens is 1. The molecule has 0 radical (unpaired) electrons. The minimum atomic E-state index is -0.497. The van der Waals surface area contributed by atoms with Gasteiger partial charge in [-0.05, 0) is 58.5 Å². The molecule has 0 atom stereocenters. The van der Waals surface area contributed by atoms with Crippen molar-refractivity contribution in [1.82, 2.24) is 24.6 Å². The number of hydrogen-bond acceptors (Lipinski definition) is 5. The van der Waals surface area contributed by atoms with Gasteiger partial charge in [-0.1, -0.05) is 5.21 Å². The van der Waals surface area contributed by atoms with E-state index in [1.165, 1.54) is 25.5 Å². The second-order valence-corrected chi connectivity index (χ2v) is 6.46. The number of fused-ring (bicyclic) bond motifs is 1. The van der Waals surface area contributed by atoms with Crippen LogP contribution in [0.3, 0.4) is 0 Å². The average Bonchev–Trinajstić information content (AvgIpc) is 3.16. The Bertz CT molecular complexity index is 897. The number of carbonyl (C=O) groups is 1. The lowest BCUT2D eigenvalue weighted by molar-refractivity contribution is 0.0594. The smallest absolute Gasteiger partial charge is 0.360 e. The van der Waals surface area contributed by atoms with Crippen LogP contribution in [0, 0.1) is 0 Å². The first-order valence-electron chi connectivity index (χ1n) is 7.30. The lowest BCUT2D eigenvalue weighted by Gasteiger charge is -2.02. The zero-order chi connectivity index (χ0) is 16.0. The molecule has 1 saturated carbocycles. The fourth-order valence-corrected chi connectivity index (χ4v) is 3.15. The van der Waals surface area contributed by atoms with Crippen LogP contribution < -0.4 is 0 Å². The number of pyridine rings is 1. The van der Waals surface area contributed by atoms with E-state index in [0.29, 0.717) is 12.5 Å². The molecular formula is C15H14BrN5O2. The van der Waals surface area contributed by atoms with Gasteiger partial charge in [-0.15, -0.1) is 5.10 Å². The van der Waals surface area contributed by atoms with Gasteiger partial charge in [0.05, 0.1) is 31.1 Å². The second-order valence-electron chi connectivity index (χ2n) is 5.65. The van der Waals surface area contributed by atoms with E-state index in [1.807, 2.05) is 10.6 Å². The van der Waals surface area contributed by atoms with Crippen molar-refractivity contribution in [3.63, 3.8) is 0 Å². The van der Waals surface area contributed by atoms with Gasteiger partial charge in [-0.25, -0.2) is 14.0 Å². The summed E-state index contributed by atoms with van der Waals surface area (Å²) < 4.78 is 9.00. The van der Waals surface area contributed by atoms with Crippen LogP contribution in [-0.4, -0.2) is 37.7 Å². The molecular weight excluding hydrogens is 362 g/mol. The molecule has 0 N–H and O–H groups in total. The van der Waals surface area contributed by atoms with E-state index in [1.54, 1.807) is 10.9 Å². The highest BCUT2D eigenvalue weighted by atomic mass is 79.9. The van der Waals surface area contributed by atoms with Gasteiger partial charge in [-0.2, -0.15) is 5.10 Å². The molecule has 0 aromatic carbocycles. The van der Waals surface area contributed by atoms with Crippen LogP contribution in [0.25, 0.3) is 5.52 Å². The summed E-state index contributed by atoms with van der Waals surface area (Å²) in [4.78, 5) is 11.4. The van der Waals surface area contributed by atoms with Gasteiger partial charge < -0.3 is 4.74 Å². The summed E-state index contributed by atoms with van der Waals surface area (Å²) >= 11 is 3.58. The average molecular weight is 376 g/mol. The van der Waals surface area contributed by atoms with Gasteiger partial charge >= 0.3 is 5.97 Å². The summed E-state index contributed by atoms with van der Waals surface area (Å²) in [7, 11) is 1.32. The Morgan fingerprint density at radius 2 is 2.22 bits per heavy atom. The summed E-state index contributed by atoms with van der Waals surface area (Å²) in [6.07, 6.45) is 4.08. The van der Waals surface area contributed by atoms with Crippen LogP contribution in [0.1, 0.15) is 40.5 Å². The quantitative estimate of drug-likeness (QED) is 0.517. The lowest BCUT2D eigenvalue weighted by Crippen LogP contribution is -2.02. The lowest BCUT2D eigenvalue weighted by atomic mass is 10.1. The van der Waals surface area contributed by atoms with E-state index in [0.717, 1.165) is 15.8 Å². The molecule has 8 heteroatoms. The Labute approximate surface area is 140 Å². The standard InChI is InChI=1S/C15H14BrN5O2/c1-23-15(22)13-8-20(19-17-13)7-11-6-12-4-10(9-2-3-9)5-14(16)21(12)18-11/h4-6,8-9H,2-3,7H2,1H3. The molecule has 118 valence electrons. The number of rotatable bonds is 4. The first kappa shape index (κ1) is 14.4. The van der Waals surface area contributed by atoms with Crippen LogP contribution in [-0.2, 0) is 11.3 Å². The molecule has 1 aliphatic rings. The first-order chi connectivity index (χ1) is 11.1. The highest BCUT2D eigenvalue weighted by molar-refractivity contribution is 9.10. The van der Waals surface area contributed by atoms with Gasteiger partial charge in [-0.3, -0.25) is 0 Å². The molecule has 0 amide bonds. The van der Waals surface area contributed by atoms with Gasteiger partial charge in [0.1, 0.15) is 4.60 Å². The van der Waals surface area contributed by atoms with Crippen LogP contribution in [0.5, 0.6) is 0 Å². The number of carbonyl (C=O) groups excluding carboxylic acids is 1. The van der Waals surface area contributed by atoms with E-state index < -0.39 is 5.97 Å². The molecule has 23 heavy (non-hydrogen) atoms. The monoisotopic (exact) mass is 375 g/mol. The molecule has 7 nitrogen and oxygen atoms in total. The molecule has 3 heterocycles. The molecule has 1 fully saturated rings. The predicted molar refractivity (Wildman–Crippen MR) is 85.3 cm³/mol. The van der Waals surface area contributed by atoms with E-state index in [4.69, 9.17) is 0 Å². The molecule has 0 bridgehead atoms. The molecule has 4 rings (SSSR count). The normalized spacial score (nSPS) is 14.3. The van der Waals surface area contributed by atoms with Crippen molar-refractivity contribution in [2.24, 2.45) is 0 Å². The van der Waals surface area contributed by atoms with Crippen LogP contribution in [0.15, 0.2) is 29.0 Å². The third-order valence-corrected chi connectivity index (χ3v) is 4.46. The van der Waals surface area contributed by atoms with Crippen molar-refractivity contribution < 1.29 is 9.53 Å². The zero-order valence-corrected chi connectivity index (χ0v) is 14.0. The summed E-state index contributed by atoms with van der Waals surface area (Å²) in [6.45, 7) is 0.441. The number of ether oxygens (including phenoxy) is 1. The Balaban J connectivity index is 1.62. The number of methoxy groups -OCH3 is 1. The second kappa shape index (κ2) is 5.45. The van der Waals surface area contributed by atoms with E-state index in [2.05, 4.69) is 48.2 Å². The maximum Gasteiger partial charge on any atom is 0.360 e. The third kappa shape index (κ3) is 2.74. The molecule has 3 aromatic rings. The van der Waals surface area contributed by atoms with Crippen molar-refractivity contribution >= 4 is 27.4 Å². The Morgan fingerprint density at radius 3 is 2.96 bits per heavy atom. The fraction of sp³-hybridized carbons (Fsp3) is 0.333. The SMILES string of the molecule is COC(=O)c1cn(Cc2cc3cc(C4CC4)cc(Br)n3n2)nn1. The van der Waals surface area contributed by atoms with Crippen LogP contribution >= 0.6 is 15.9 Å². The molecule has 0 spiro atoms. The summed E-state index contributed by atoms with van der Waals surface area (Å²) in [5.41, 5.74) is 3.43.